The van der Waals surface area contributed by atoms with Crippen LogP contribution >= 0.6 is 0 Å². The number of aromatic nitrogens is 2. The number of hydrogen-bond acceptors (Lipinski definition) is 5. The van der Waals surface area contributed by atoms with Crippen molar-refractivity contribution < 1.29 is 14.2 Å². The van der Waals surface area contributed by atoms with E-state index in [1.54, 1.807) is 0 Å². The minimum absolute atomic E-state index is 0.566. The van der Waals surface area contributed by atoms with Crippen molar-refractivity contribution in [1.29, 1.82) is 0 Å². The molecule has 136 valence electrons. The van der Waals surface area contributed by atoms with Gasteiger partial charge in [0, 0.05) is 25.1 Å². The van der Waals surface area contributed by atoms with Gasteiger partial charge < -0.3 is 24.5 Å². The van der Waals surface area contributed by atoms with Gasteiger partial charge in [-0.1, -0.05) is 18.2 Å². The van der Waals surface area contributed by atoms with Gasteiger partial charge in [-0.25, -0.2) is 4.98 Å². The molecule has 26 heavy (non-hydrogen) atoms. The molecule has 2 heterocycles. The van der Waals surface area contributed by atoms with Crippen LogP contribution in [-0.4, -0.2) is 35.9 Å². The second-order valence-electron chi connectivity index (χ2n) is 6.22. The zero-order valence-corrected chi connectivity index (χ0v) is 14.7. The molecule has 4 rings (SSSR count). The van der Waals surface area contributed by atoms with Gasteiger partial charge in [0.2, 0.25) is 0 Å². The topological polar surface area (TPSA) is 71.5 Å². The molecule has 2 N–H and O–H groups in total. The summed E-state index contributed by atoms with van der Waals surface area (Å²) in [5.74, 6) is 3.43. The highest BCUT2D eigenvalue weighted by Gasteiger charge is 2.17. The van der Waals surface area contributed by atoms with Crippen LogP contribution in [0.1, 0.15) is 12.2 Å². The fourth-order valence-electron chi connectivity index (χ4n) is 3.21. The van der Waals surface area contributed by atoms with E-state index in [9.17, 15) is 0 Å². The summed E-state index contributed by atoms with van der Waals surface area (Å²) in [5.41, 5.74) is 7.75. The Hall–Kier alpha value is -2.73. The summed E-state index contributed by atoms with van der Waals surface area (Å²) in [7, 11) is 0. The molecular formula is C20H23N3O3. The molecule has 1 aliphatic rings. The normalized spacial score (nSPS) is 13.1. The van der Waals surface area contributed by atoms with Gasteiger partial charge in [0.05, 0.1) is 17.6 Å². The van der Waals surface area contributed by atoms with E-state index in [4.69, 9.17) is 24.9 Å². The molecule has 3 aromatic rings. The number of fused-ring (bicyclic) bond motifs is 2. The van der Waals surface area contributed by atoms with Gasteiger partial charge in [-0.15, -0.1) is 0 Å². The van der Waals surface area contributed by atoms with Crippen molar-refractivity contribution in [1.82, 2.24) is 9.55 Å². The van der Waals surface area contributed by atoms with Crippen LogP contribution in [0.5, 0.6) is 17.2 Å². The lowest BCUT2D eigenvalue weighted by Gasteiger charge is -2.18. The molecular weight excluding hydrogens is 330 g/mol. The summed E-state index contributed by atoms with van der Waals surface area (Å²) >= 11 is 0. The van der Waals surface area contributed by atoms with Crippen molar-refractivity contribution in [3.63, 3.8) is 0 Å². The molecule has 0 saturated heterocycles. The van der Waals surface area contributed by atoms with Crippen LogP contribution in [0.25, 0.3) is 11.0 Å². The number of rotatable bonds is 7. The second kappa shape index (κ2) is 7.66. The molecule has 0 saturated carbocycles. The van der Waals surface area contributed by atoms with Crippen molar-refractivity contribution in [2.24, 2.45) is 5.73 Å². The largest absolute Gasteiger partial charge is 0.494 e. The van der Waals surface area contributed by atoms with Crippen LogP contribution in [0.2, 0.25) is 0 Å². The molecule has 6 heteroatoms. The first-order chi connectivity index (χ1) is 12.8. The maximum atomic E-state index is 5.80. The average Bonchev–Trinajstić information content (AvgIpc) is 3.01. The molecule has 1 aliphatic heterocycles. The third-order valence-electron chi connectivity index (χ3n) is 4.40. The second-order valence-corrected chi connectivity index (χ2v) is 6.22. The number of imidazole rings is 1. The van der Waals surface area contributed by atoms with Crippen molar-refractivity contribution in [2.75, 3.05) is 26.4 Å². The number of hydrogen-bond donors (Lipinski definition) is 1. The Morgan fingerprint density at radius 3 is 2.62 bits per heavy atom. The van der Waals surface area contributed by atoms with Crippen LogP contribution in [-0.2, 0) is 13.0 Å². The number of benzene rings is 2. The van der Waals surface area contributed by atoms with Crippen LogP contribution < -0.4 is 19.9 Å². The summed E-state index contributed by atoms with van der Waals surface area (Å²) in [6, 6.07) is 13.9. The van der Waals surface area contributed by atoms with Gasteiger partial charge in [-0.3, -0.25) is 0 Å². The van der Waals surface area contributed by atoms with E-state index in [1.807, 2.05) is 42.5 Å². The molecule has 0 aliphatic carbocycles. The lowest BCUT2D eigenvalue weighted by atomic mass is 10.2. The lowest BCUT2D eigenvalue weighted by molar-refractivity contribution is 0.172. The van der Waals surface area contributed by atoms with Crippen LogP contribution in [0, 0.1) is 0 Å². The number of nitrogens with two attached hydrogens (primary N) is 1. The maximum absolute atomic E-state index is 5.80. The standard InChI is InChI=1S/C20H23N3O3/c21-8-7-20-22-16-13-18-19(26-12-11-25-18)14-17(16)23(20)9-4-10-24-15-5-2-1-3-6-15/h1-3,5-6,13-14H,4,7-12,21H2. The summed E-state index contributed by atoms with van der Waals surface area (Å²) in [4.78, 5) is 4.75. The van der Waals surface area contributed by atoms with Crippen LogP contribution in [0.15, 0.2) is 42.5 Å². The summed E-state index contributed by atoms with van der Waals surface area (Å²) in [6.45, 7) is 3.18. The highest BCUT2D eigenvalue weighted by atomic mass is 16.6. The molecule has 6 nitrogen and oxygen atoms in total. The monoisotopic (exact) mass is 353 g/mol. The van der Waals surface area contributed by atoms with E-state index in [0.29, 0.717) is 26.4 Å². The Bertz CT molecular complexity index is 877. The Morgan fingerprint density at radius 1 is 1.08 bits per heavy atom. The Kier molecular flexibility index (Phi) is 4.93. The van der Waals surface area contributed by atoms with E-state index < -0.39 is 0 Å². The smallest absolute Gasteiger partial charge is 0.163 e. The molecule has 1 aromatic heterocycles. The zero-order valence-electron chi connectivity index (χ0n) is 14.7. The van der Waals surface area contributed by atoms with E-state index in [-0.39, 0.29) is 0 Å². The molecule has 0 spiro atoms. The SMILES string of the molecule is NCCc1nc2cc3c(cc2n1CCCOc1ccccc1)OCCO3. The van der Waals surface area contributed by atoms with E-state index in [0.717, 1.165) is 53.5 Å². The Morgan fingerprint density at radius 2 is 1.85 bits per heavy atom. The molecule has 2 aromatic carbocycles. The minimum Gasteiger partial charge on any atom is -0.494 e. The Labute approximate surface area is 152 Å². The highest BCUT2D eigenvalue weighted by molar-refractivity contribution is 5.80. The predicted molar refractivity (Wildman–Crippen MR) is 100 cm³/mol. The highest BCUT2D eigenvalue weighted by Crippen LogP contribution is 2.34. The molecule has 0 amide bonds. The summed E-state index contributed by atoms with van der Waals surface area (Å²) < 4.78 is 19.4. The average molecular weight is 353 g/mol. The minimum atomic E-state index is 0.566. The van der Waals surface area contributed by atoms with Gasteiger partial charge in [-0.05, 0) is 25.1 Å². The van der Waals surface area contributed by atoms with Crippen molar-refractivity contribution >= 4 is 11.0 Å². The van der Waals surface area contributed by atoms with Crippen molar-refractivity contribution in [3.8, 4) is 17.2 Å². The first-order valence-electron chi connectivity index (χ1n) is 9.02. The predicted octanol–water partition coefficient (Wildman–Crippen LogP) is 2.78. The van der Waals surface area contributed by atoms with Gasteiger partial charge in [0.25, 0.3) is 0 Å². The van der Waals surface area contributed by atoms with E-state index in [1.165, 1.54) is 0 Å². The van der Waals surface area contributed by atoms with Gasteiger partial charge in [0.15, 0.2) is 11.5 Å². The zero-order chi connectivity index (χ0) is 17.8. The third kappa shape index (κ3) is 3.46. The number of aryl methyl sites for hydroxylation is 1. The fraction of sp³-hybridized carbons (Fsp3) is 0.350. The summed E-state index contributed by atoms with van der Waals surface area (Å²) in [5, 5.41) is 0. The maximum Gasteiger partial charge on any atom is 0.163 e. The lowest BCUT2D eigenvalue weighted by Crippen LogP contribution is -2.15. The number of ether oxygens (including phenoxy) is 3. The molecule has 0 atom stereocenters. The molecule has 0 bridgehead atoms. The third-order valence-corrected chi connectivity index (χ3v) is 4.40. The van der Waals surface area contributed by atoms with E-state index >= 15 is 0 Å². The van der Waals surface area contributed by atoms with E-state index in [2.05, 4.69) is 4.57 Å². The number of para-hydroxylation sites is 1. The van der Waals surface area contributed by atoms with Gasteiger partial charge >= 0.3 is 0 Å². The Balaban J connectivity index is 1.53. The van der Waals surface area contributed by atoms with Gasteiger partial charge in [-0.2, -0.15) is 0 Å². The molecule has 0 unspecified atom stereocenters. The number of nitrogens with zero attached hydrogens (tertiary/aromatic N) is 2. The quantitative estimate of drug-likeness (QED) is 0.661. The van der Waals surface area contributed by atoms with Crippen molar-refractivity contribution in [3.05, 3.63) is 48.3 Å². The molecule has 0 radical (unpaired) electrons. The van der Waals surface area contributed by atoms with Crippen LogP contribution in [0.4, 0.5) is 0 Å². The van der Waals surface area contributed by atoms with Crippen molar-refractivity contribution in [2.45, 2.75) is 19.4 Å². The molecule has 0 fully saturated rings. The van der Waals surface area contributed by atoms with Crippen LogP contribution in [0.3, 0.4) is 0 Å². The first kappa shape index (κ1) is 16.7. The summed E-state index contributed by atoms with van der Waals surface area (Å²) in [6.07, 6.45) is 1.62. The first-order valence-corrected chi connectivity index (χ1v) is 9.02. The van der Waals surface area contributed by atoms with Gasteiger partial charge in [0.1, 0.15) is 24.8 Å². The fourth-order valence-corrected chi connectivity index (χ4v) is 3.21.